The summed E-state index contributed by atoms with van der Waals surface area (Å²) in [6, 6.07) is 15.1. The third-order valence-electron chi connectivity index (χ3n) is 13.8. The van der Waals surface area contributed by atoms with E-state index in [0.717, 1.165) is 41.9 Å². The minimum absolute atomic E-state index is 0.0429. The topological polar surface area (TPSA) is 208 Å². The van der Waals surface area contributed by atoms with E-state index in [0.29, 0.717) is 43.3 Å². The van der Waals surface area contributed by atoms with Gasteiger partial charge in [-0.05, 0) is 72.2 Å². The molecular weight excluding hydrogens is 957 g/mol. The number of nitro groups is 1. The number of sulfone groups is 1. The standard InChI is InChI=1S/C48H50ClF3N8O9S/c1-47(2)11-9-29(33(22-47)27-3-5-30(49)6-4-27)23-57-13-15-58(16-14-57)35-8-7-32(44(53)61)42(59-24-40(48(50,51)52)69-46-37(59)19-28-10-12-54-45(28)56-46)43(35)70(64,65)31-20-36(60(62)63)41-38(21-31)68-25-34(55-41)39-26-66-17-18-67-39/h3-8,10,12,19-21,34,39-40,55H,9,11,13-18,22-26H2,1-2H3,(H2,53,61)(H,54,56)/t34-,39+,40+/m1/s1. The molecule has 22 heteroatoms. The highest BCUT2D eigenvalue weighted by molar-refractivity contribution is 7.91. The van der Waals surface area contributed by atoms with Gasteiger partial charge in [0.15, 0.2) is 11.4 Å². The lowest BCUT2D eigenvalue weighted by Crippen LogP contribution is -2.48. The van der Waals surface area contributed by atoms with Gasteiger partial charge in [-0.2, -0.15) is 18.2 Å². The number of hydrogen-bond acceptors (Lipinski definition) is 14. The number of alkyl halides is 3. The van der Waals surface area contributed by atoms with Crippen LogP contribution in [0.3, 0.4) is 0 Å². The maximum Gasteiger partial charge on any atom is 0.427 e. The van der Waals surface area contributed by atoms with Crippen LogP contribution in [0, 0.1) is 15.5 Å². The summed E-state index contributed by atoms with van der Waals surface area (Å²) in [5, 5.41) is 17.0. The second-order valence-corrected chi connectivity index (χ2v) is 21.3. The lowest BCUT2D eigenvalue weighted by molar-refractivity contribution is -0.384. The van der Waals surface area contributed by atoms with Gasteiger partial charge in [-0.3, -0.25) is 19.8 Å². The van der Waals surface area contributed by atoms with Crippen LogP contribution in [-0.2, 0) is 19.3 Å². The molecule has 5 aliphatic rings. The Morgan fingerprint density at radius 3 is 2.50 bits per heavy atom. The lowest BCUT2D eigenvalue weighted by Gasteiger charge is -2.41. The average Bonchev–Trinajstić information content (AvgIpc) is 3.80. The first-order valence-corrected chi connectivity index (χ1v) is 24.8. The number of amides is 1. The van der Waals surface area contributed by atoms with Crippen molar-refractivity contribution in [1.82, 2.24) is 14.9 Å². The highest BCUT2D eigenvalue weighted by atomic mass is 35.5. The fourth-order valence-electron chi connectivity index (χ4n) is 10.1. The summed E-state index contributed by atoms with van der Waals surface area (Å²) in [6.07, 6.45) is -3.79. The van der Waals surface area contributed by atoms with Crippen LogP contribution in [0.5, 0.6) is 11.6 Å². The van der Waals surface area contributed by atoms with Crippen LogP contribution >= 0.6 is 11.6 Å². The van der Waals surface area contributed by atoms with Crippen molar-refractivity contribution < 1.29 is 50.3 Å². The molecule has 370 valence electrons. The molecule has 6 heterocycles. The Morgan fingerprint density at radius 1 is 1.03 bits per heavy atom. The highest BCUT2D eigenvalue weighted by Gasteiger charge is 2.49. The minimum Gasteiger partial charge on any atom is -0.489 e. The second-order valence-electron chi connectivity index (χ2n) is 19.0. The average molecular weight is 1010 g/mol. The van der Waals surface area contributed by atoms with Gasteiger partial charge in [-0.1, -0.05) is 43.2 Å². The summed E-state index contributed by atoms with van der Waals surface area (Å²) < 4.78 is 99.1. The second kappa shape index (κ2) is 18.2. The molecule has 0 spiro atoms. The van der Waals surface area contributed by atoms with Crippen molar-refractivity contribution in [2.75, 3.05) is 80.8 Å². The van der Waals surface area contributed by atoms with E-state index < -0.39 is 84.2 Å². The van der Waals surface area contributed by atoms with Gasteiger partial charge < -0.3 is 44.8 Å². The zero-order valence-corrected chi connectivity index (χ0v) is 39.8. The fourth-order valence-corrected chi connectivity index (χ4v) is 11.9. The SMILES string of the molecule is CC1(C)CCC(CN2CCN(c3ccc(C(N)=O)c(N4C[C@@H](C(F)(F)F)Oc5nc6[nH]ccc6cc54)c3S(=O)(=O)c3cc4c(c([N+](=O)[O-])c3)N[C@@H]([C@@H]3COCCO3)CO4)CC2)=C(c2ccc(Cl)cc2)C1. The number of carbonyl (C=O) groups excluding carboxylic acids is 1. The van der Waals surface area contributed by atoms with E-state index in [-0.39, 0.29) is 60.2 Å². The van der Waals surface area contributed by atoms with E-state index in [1.165, 1.54) is 35.5 Å². The monoisotopic (exact) mass is 1010 g/mol. The number of nitro benzene ring substituents is 1. The fraction of sp³-hybridized carbons (Fsp3) is 0.417. The van der Waals surface area contributed by atoms with Crippen molar-refractivity contribution in [2.45, 2.75) is 67.3 Å². The first kappa shape index (κ1) is 47.5. The van der Waals surface area contributed by atoms with Crippen LogP contribution in [-0.4, -0.2) is 124 Å². The van der Waals surface area contributed by atoms with Gasteiger partial charge in [-0.25, -0.2) is 8.42 Å². The number of allylic oxidation sites excluding steroid dienone is 1. The number of benzene rings is 3. The molecule has 2 fully saturated rings. The predicted octanol–water partition coefficient (Wildman–Crippen LogP) is 7.89. The Bertz CT molecular complexity index is 3030. The van der Waals surface area contributed by atoms with E-state index in [9.17, 15) is 28.1 Å². The Morgan fingerprint density at radius 2 is 1.80 bits per heavy atom. The number of pyridine rings is 1. The number of nitrogens with zero attached hydrogens (tertiary/aromatic N) is 5. The van der Waals surface area contributed by atoms with Gasteiger partial charge in [0.2, 0.25) is 21.8 Å². The molecule has 4 N–H and O–H groups in total. The Balaban J connectivity index is 1.09. The van der Waals surface area contributed by atoms with E-state index in [4.69, 9.17) is 36.3 Å². The largest absolute Gasteiger partial charge is 0.489 e. The number of ether oxygens (including phenoxy) is 4. The van der Waals surface area contributed by atoms with Crippen LogP contribution in [0.2, 0.25) is 5.02 Å². The highest BCUT2D eigenvalue weighted by Crippen LogP contribution is 2.51. The molecule has 2 saturated heterocycles. The van der Waals surface area contributed by atoms with Crippen LogP contribution in [0.25, 0.3) is 16.6 Å². The number of aromatic amines is 1. The Labute approximate surface area is 405 Å². The molecule has 17 nitrogen and oxygen atoms in total. The zero-order chi connectivity index (χ0) is 49.3. The number of halogens is 4. The summed E-state index contributed by atoms with van der Waals surface area (Å²) in [6.45, 7) is 6.37. The summed E-state index contributed by atoms with van der Waals surface area (Å²) in [5.74, 6) is -1.78. The van der Waals surface area contributed by atoms with Crippen LogP contribution in [0.4, 0.5) is 41.6 Å². The number of hydrogen-bond donors (Lipinski definition) is 3. The summed E-state index contributed by atoms with van der Waals surface area (Å²) in [5.41, 5.74) is 8.30. The Hall–Kier alpha value is -6.13. The summed E-state index contributed by atoms with van der Waals surface area (Å²) in [7, 11) is -5.08. The van der Waals surface area contributed by atoms with Crippen molar-refractivity contribution in [3.05, 3.63) is 98.7 Å². The molecule has 0 unspecified atom stereocenters. The van der Waals surface area contributed by atoms with Gasteiger partial charge in [0, 0.05) is 61.5 Å². The quantitative estimate of drug-likeness (QED) is 0.0899. The van der Waals surface area contributed by atoms with E-state index in [1.807, 2.05) is 24.3 Å². The molecule has 70 heavy (non-hydrogen) atoms. The molecular formula is C48H50ClF3N8O9S. The van der Waals surface area contributed by atoms with Crippen LogP contribution in [0.15, 0.2) is 82.2 Å². The lowest BCUT2D eigenvalue weighted by atomic mass is 9.72. The van der Waals surface area contributed by atoms with Crippen molar-refractivity contribution in [1.29, 1.82) is 0 Å². The molecule has 0 saturated carbocycles. The molecule has 0 radical (unpaired) electrons. The molecule has 1 amide bonds. The molecule has 3 aromatic carbocycles. The number of nitrogens with two attached hydrogens (primary N) is 1. The maximum absolute atomic E-state index is 15.8. The Kier molecular flexibility index (Phi) is 12.4. The van der Waals surface area contributed by atoms with Gasteiger partial charge in [0.05, 0.1) is 59.2 Å². The molecule has 3 atom stereocenters. The molecule has 0 bridgehead atoms. The van der Waals surface area contributed by atoms with Gasteiger partial charge in [-0.15, -0.1) is 0 Å². The first-order chi connectivity index (χ1) is 33.3. The third kappa shape index (κ3) is 9.08. The number of primary amides is 1. The van der Waals surface area contributed by atoms with Crippen LogP contribution in [0.1, 0.15) is 49.0 Å². The van der Waals surface area contributed by atoms with Crippen molar-refractivity contribution in [3.63, 3.8) is 0 Å². The number of piperazine rings is 1. The number of H-pyrrole nitrogens is 1. The third-order valence-corrected chi connectivity index (χ3v) is 15.8. The molecule has 1 aliphatic carbocycles. The van der Waals surface area contributed by atoms with Crippen molar-refractivity contribution >= 4 is 72.4 Å². The van der Waals surface area contributed by atoms with E-state index >= 15 is 8.42 Å². The first-order valence-electron chi connectivity index (χ1n) is 22.9. The number of aromatic nitrogens is 2. The summed E-state index contributed by atoms with van der Waals surface area (Å²) in [4.78, 5) is 36.8. The number of carbonyl (C=O) groups is 1. The molecule has 2 aromatic heterocycles. The number of fused-ring (bicyclic) bond motifs is 3. The molecule has 10 rings (SSSR count). The normalized spacial score (nSPS) is 21.9. The van der Waals surface area contributed by atoms with Crippen molar-refractivity contribution in [3.8, 4) is 11.6 Å². The van der Waals surface area contributed by atoms with Gasteiger partial charge >= 0.3 is 6.18 Å². The van der Waals surface area contributed by atoms with E-state index in [2.05, 4.69) is 34.0 Å². The van der Waals surface area contributed by atoms with Gasteiger partial charge in [0.1, 0.15) is 28.9 Å². The molecule has 4 aliphatic heterocycles. The summed E-state index contributed by atoms with van der Waals surface area (Å²) >= 11 is 6.27. The predicted molar refractivity (Wildman–Crippen MR) is 255 cm³/mol. The number of anilines is 4. The zero-order valence-electron chi connectivity index (χ0n) is 38.2. The van der Waals surface area contributed by atoms with Crippen molar-refractivity contribution in [2.24, 2.45) is 11.1 Å². The number of nitrogens with one attached hydrogen (secondary N) is 2. The number of rotatable bonds is 10. The van der Waals surface area contributed by atoms with Crippen LogP contribution < -0.4 is 30.3 Å². The minimum atomic E-state index is -5.08. The van der Waals surface area contributed by atoms with Gasteiger partial charge in [0.25, 0.3) is 11.6 Å². The smallest absolute Gasteiger partial charge is 0.427 e. The molecule has 5 aromatic rings. The van der Waals surface area contributed by atoms with E-state index in [1.54, 1.807) is 11.0 Å². The maximum atomic E-state index is 15.8.